The van der Waals surface area contributed by atoms with Crippen LogP contribution in [-0.2, 0) is 0 Å². The number of hydrogen-bond acceptors (Lipinski definition) is 3. The summed E-state index contributed by atoms with van der Waals surface area (Å²) in [7, 11) is 0. The van der Waals surface area contributed by atoms with Crippen molar-refractivity contribution >= 4 is 12.2 Å². The van der Waals surface area contributed by atoms with Gasteiger partial charge in [-0.15, -0.1) is 0 Å². The molecule has 0 fully saturated rings. The van der Waals surface area contributed by atoms with Crippen LogP contribution < -0.4 is 0 Å². The van der Waals surface area contributed by atoms with Crippen molar-refractivity contribution in [2.75, 3.05) is 0 Å². The predicted molar refractivity (Wildman–Crippen MR) is 86.6 cm³/mol. The van der Waals surface area contributed by atoms with Crippen molar-refractivity contribution in [1.29, 1.82) is 5.26 Å². The molecule has 0 amide bonds. The Bertz CT molecular complexity index is 854. The number of nitrogens with one attached hydrogen (secondary N) is 1. The van der Waals surface area contributed by atoms with Crippen molar-refractivity contribution in [2.24, 2.45) is 0 Å². The Balaban J connectivity index is 1.88. The van der Waals surface area contributed by atoms with E-state index in [1.807, 2.05) is 67.6 Å². The fourth-order valence-corrected chi connectivity index (χ4v) is 2.21. The van der Waals surface area contributed by atoms with Crippen LogP contribution in [0, 0.1) is 18.3 Å². The number of aromatic amines is 1. The zero-order valence-corrected chi connectivity index (χ0v) is 12.1. The van der Waals surface area contributed by atoms with Crippen molar-refractivity contribution in [3.8, 4) is 17.3 Å². The number of nitrogens with zero attached hydrogens (tertiary/aromatic N) is 3. The highest BCUT2D eigenvalue weighted by Gasteiger charge is 2.06. The van der Waals surface area contributed by atoms with Gasteiger partial charge in [-0.3, -0.25) is 0 Å². The Morgan fingerprint density at radius 1 is 1.00 bits per heavy atom. The Morgan fingerprint density at radius 3 is 2.59 bits per heavy atom. The molecule has 0 saturated heterocycles. The average Bonchev–Trinajstić information content (AvgIpc) is 2.95. The van der Waals surface area contributed by atoms with Crippen LogP contribution in [0.15, 0.2) is 48.5 Å². The first kappa shape index (κ1) is 13.8. The van der Waals surface area contributed by atoms with Crippen LogP contribution in [0.4, 0.5) is 0 Å². The van der Waals surface area contributed by atoms with E-state index in [1.165, 1.54) is 0 Å². The Morgan fingerprint density at radius 2 is 1.82 bits per heavy atom. The van der Waals surface area contributed by atoms with Crippen LogP contribution in [-0.4, -0.2) is 15.0 Å². The van der Waals surface area contributed by atoms with Gasteiger partial charge in [-0.2, -0.15) is 5.26 Å². The van der Waals surface area contributed by atoms with Gasteiger partial charge in [0.25, 0.3) is 0 Å². The van der Waals surface area contributed by atoms with Gasteiger partial charge in [-0.1, -0.05) is 36.4 Å². The van der Waals surface area contributed by atoms with Gasteiger partial charge in [0, 0.05) is 11.3 Å². The molecule has 2 heterocycles. The second-order valence-corrected chi connectivity index (χ2v) is 4.85. The van der Waals surface area contributed by atoms with Crippen molar-refractivity contribution in [3.05, 3.63) is 71.4 Å². The van der Waals surface area contributed by atoms with Crippen LogP contribution in [0.1, 0.15) is 22.9 Å². The van der Waals surface area contributed by atoms with Gasteiger partial charge in [0.2, 0.25) is 0 Å². The van der Waals surface area contributed by atoms with Crippen LogP contribution in [0.5, 0.6) is 0 Å². The molecule has 0 radical (unpaired) electrons. The molecule has 0 aliphatic heterocycles. The normalized spacial score (nSPS) is 10.7. The number of aromatic nitrogens is 3. The van der Waals surface area contributed by atoms with Crippen molar-refractivity contribution < 1.29 is 0 Å². The molecule has 2 aromatic heterocycles. The van der Waals surface area contributed by atoms with Crippen LogP contribution in [0.3, 0.4) is 0 Å². The minimum Gasteiger partial charge on any atom is -0.342 e. The quantitative estimate of drug-likeness (QED) is 0.796. The summed E-state index contributed by atoms with van der Waals surface area (Å²) in [6.07, 6.45) is 3.71. The minimum absolute atomic E-state index is 0.405. The Kier molecular flexibility index (Phi) is 3.80. The fraction of sp³-hybridized carbons (Fsp3) is 0.0556. The van der Waals surface area contributed by atoms with Gasteiger partial charge in [0.15, 0.2) is 0 Å². The third-order valence-corrected chi connectivity index (χ3v) is 3.25. The standard InChI is InChI=1S/C18H14N4/c1-13-18(14-6-3-2-4-7-14)22-17(20-13)11-10-15-8-5-9-16(12-19)21-15/h2-11H,1H3,(H,20,22). The van der Waals surface area contributed by atoms with Gasteiger partial charge >= 0.3 is 0 Å². The number of aryl methyl sites for hydroxylation is 1. The SMILES string of the molecule is Cc1[nH]c(C=Cc2cccc(C#N)n2)nc1-c1ccccc1. The number of H-pyrrole nitrogens is 1. The molecule has 0 bridgehead atoms. The third-order valence-electron chi connectivity index (χ3n) is 3.25. The van der Waals surface area contributed by atoms with Gasteiger partial charge in [0.1, 0.15) is 17.6 Å². The second kappa shape index (κ2) is 6.06. The van der Waals surface area contributed by atoms with Crippen LogP contribution >= 0.6 is 0 Å². The summed E-state index contributed by atoms with van der Waals surface area (Å²) in [6.45, 7) is 2.00. The van der Waals surface area contributed by atoms with Crippen LogP contribution in [0.2, 0.25) is 0 Å². The number of benzene rings is 1. The highest BCUT2D eigenvalue weighted by atomic mass is 14.9. The molecule has 4 heteroatoms. The molecule has 1 N–H and O–H groups in total. The number of imidazole rings is 1. The molecule has 3 aromatic rings. The fourth-order valence-electron chi connectivity index (χ4n) is 2.21. The summed E-state index contributed by atoms with van der Waals surface area (Å²) in [4.78, 5) is 12.1. The lowest BCUT2D eigenvalue weighted by atomic mass is 10.1. The number of nitriles is 1. The monoisotopic (exact) mass is 286 g/mol. The average molecular weight is 286 g/mol. The van der Waals surface area contributed by atoms with Crippen molar-refractivity contribution in [1.82, 2.24) is 15.0 Å². The molecular formula is C18H14N4. The zero-order valence-electron chi connectivity index (χ0n) is 12.1. The largest absolute Gasteiger partial charge is 0.342 e. The van der Waals surface area contributed by atoms with E-state index in [0.29, 0.717) is 5.69 Å². The lowest BCUT2D eigenvalue weighted by molar-refractivity contribution is 1.22. The van der Waals surface area contributed by atoms with E-state index in [2.05, 4.69) is 15.0 Å². The lowest BCUT2D eigenvalue weighted by Gasteiger charge is -1.96. The van der Waals surface area contributed by atoms with E-state index in [-0.39, 0.29) is 0 Å². The third kappa shape index (κ3) is 2.94. The van der Waals surface area contributed by atoms with E-state index >= 15 is 0 Å². The number of rotatable bonds is 3. The maximum atomic E-state index is 8.86. The summed E-state index contributed by atoms with van der Waals surface area (Å²) in [5, 5.41) is 8.86. The van der Waals surface area contributed by atoms with Gasteiger partial charge in [0.05, 0.1) is 11.4 Å². The number of hydrogen-bond donors (Lipinski definition) is 1. The summed E-state index contributed by atoms with van der Waals surface area (Å²) in [6, 6.07) is 17.4. The molecule has 106 valence electrons. The number of pyridine rings is 1. The highest BCUT2D eigenvalue weighted by Crippen LogP contribution is 2.21. The molecule has 4 nitrogen and oxygen atoms in total. The maximum Gasteiger partial charge on any atom is 0.141 e. The first-order valence-corrected chi connectivity index (χ1v) is 6.93. The molecule has 0 aliphatic rings. The first-order chi connectivity index (χ1) is 10.8. The van der Waals surface area contributed by atoms with Gasteiger partial charge < -0.3 is 4.98 Å². The smallest absolute Gasteiger partial charge is 0.141 e. The zero-order chi connectivity index (χ0) is 15.4. The molecule has 1 aromatic carbocycles. The Labute approximate surface area is 128 Å². The minimum atomic E-state index is 0.405. The summed E-state index contributed by atoms with van der Waals surface area (Å²) < 4.78 is 0. The second-order valence-electron chi connectivity index (χ2n) is 4.85. The molecule has 0 atom stereocenters. The van der Waals surface area contributed by atoms with Crippen molar-refractivity contribution in [3.63, 3.8) is 0 Å². The Hall–Kier alpha value is -3.19. The highest BCUT2D eigenvalue weighted by molar-refractivity contribution is 5.69. The molecule has 3 rings (SSSR count). The summed E-state index contributed by atoms with van der Waals surface area (Å²) >= 11 is 0. The molecule has 0 unspecified atom stereocenters. The van der Waals surface area contributed by atoms with E-state index in [9.17, 15) is 0 Å². The molecule has 22 heavy (non-hydrogen) atoms. The molecule has 0 spiro atoms. The lowest BCUT2D eigenvalue weighted by Crippen LogP contribution is -1.85. The first-order valence-electron chi connectivity index (χ1n) is 6.93. The summed E-state index contributed by atoms with van der Waals surface area (Å²) in [5.74, 6) is 0.764. The van der Waals surface area contributed by atoms with E-state index in [0.717, 1.165) is 28.5 Å². The molecule has 0 saturated carbocycles. The maximum absolute atomic E-state index is 8.86. The van der Waals surface area contributed by atoms with Crippen LogP contribution in [0.25, 0.3) is 23.4 Å². The van der Waals surface area contributed by atoms with Gasteiger partial charge in [-0.05, 0) is 31.2 Å². The predicted octanol–water partition coefficient (Wildman–Crippen LogP) is 3.82. The molecular weight excluding hydrogens is 272 g/mol. The van der Waals surface area contributed by atoms with E-state index < -0.39 is 0 Å². The van der Waals surface area contributed by atoms with E-state index in [4.69, 9.17) is 5.26 Å². The summed E-state index contributed by atoms with van der Waals surface area (Å²) in [5.41, 5.74) is 4.18. The van der Waals surface area contributed by atoms with Gasteiger partial charge in [-0.25, -0.2) is 9.97 Å². The van der Waals surface area contributed by atoms with Crippen molar-refractivity contribution in [2.45, 2.75) is 6.92 Å². The van der Waals surface area contributed by atoms with E-state index in [1.54, 1.807) is 6.07 Å². The topological polar surface area (TPSA) is 65.4 Å². The molecule has 0 aliphatic carbocycles.